The van der Waals surface area contributed by atoms with E-state index in [2.05, 4.69) is 62.9 Å². The van der Waals surface area contributed by atoms with E-state index in [1.54, 1.807) is 6.07 Å². The van der Waals surface area contributed by atoms with Crippen LogP contribution >= 0.6 is 0 Å². The predicted octanol–water partition coefficient (Wildman–Crippen LogP) is 8.90. The number of nitrogens with zero attached hydrogens (tertiary/aromatic N) is 3. The lowest BCUT2D eigenvalue weighted by Crippen LogP contribution is -2.69. The van der Waals surface area contributed by atoms with Crippen molar-refractivity contribution in [3.05, 3.63) is 36.0 Å². The van der Waals surface area contributed by atoms with Gasteiger partial charge >= 0.3 is 5.97 Å². The lowest BCUT2D eigenvalue weighted by Gasteiger charge is -2.73. The summed E-state index contributed by atoms with van der Waals surface area (Å²) in [7, 11) is -2.81. The second-order valence-corrected chi connectivity index (χ2v) is 21.9. The number of piperidine rings is 1. The van der Waals surface area contributed by atoms with Crippen molar-refractivity contribution in [2.75, 3.05) is 42.6 Å². The summed E-state index contributed by atoms with van der Waals surface area (Å²) in [5.74, 6) is 4.08. The molecule has 6 aliphatic rings. The van der Waals surface area contributed by atoms with Crippen LogP contribution in [-0.4, -0.2) is 72.6 Å². The first-order valence-electron chi connectivity index (χ1n) is 20.5. The Hall–Kier alpha value is -1.93. The van der Waals surface area contributed by atoms with Crippen molar-refractivity contribution in [1.82, 2.24) is 9.88 Å². The minimum absolute atomic E-state index is 0.0618. The zero-order chi connectivity index (χ0) is 36.6. The fourth-order valence-corrected chi connectivity index (χ4v) is 15.7. The molecule has 6 fully saturated rings. The number of hydrogen-bond acceptors (Lipinski definition) is 6. The maximum absolute atomic E-state index is 11.9. The van der Waals surface area contributed by atoms with Crippen molar-refractivity contribution in [3.8, 4) is 0 Å². The molecule has 1 aromatic heterocycles. The van der Waals surface area contributed by atoms with Crippen LogP contribution in [0.15, 0.2) is 30.5 Å². The molecule has 2 aliphatic heterocycles. The summed E-state index contributed by atoms with van der Waals surface area (Å²) in [4.78, 5) is 21.1. The van der Waals surface area contributed by atoms with E-state index in [4.69, 9.17) is 0 Å². The zero-order valence-corrected chi connectivity index (χ0v) is 33.5. The Morgan fingerprint density at radius 2 is 1.63 bits per heavy atom. The Morgan fingerprint density at radius 1 is 0.882 bits per heavy atom. The summed E-state index contributed by atoms with van der Waals surface area (Å²) in [6, 6.07) is 3.63. The molecule has 0 bridgehead atoms. The van der Waals surface area contributed by atoms with E-state index in [1.165, 1.54) is 95.2 Å². The van der Waals surface area contributed by atoms with Gasteiger partial charge in [-0.1, -0.05) is 45.8 Å². The summed E-state index contributed by atoms with van der Waals surface area (Å²) in [5.41, 5.74) is 2.98. The second-order valence-electron chi connectivity index (χ2n) is 19.6. The van der Waals surface area contributed by atoms with Crippen LogP contribution in [-0.2, 0) is 9.84 Å². The maximum Gasteiger partial charge on any atom is 0.337 e. The van der Waals surface area contributed by atoms with Gasteiger partial charge in [-0.15, -0.1) is 0 Å². The van der Waals surface area contributed by atoms with E-state index in [9.17, 15) is 18.3 Å². The molecular weight excluding hydrogens is 655 g/mol. The van der Waals surface area contributed by atoms with Gasteiger partial charge in [0.25, 0.3) is 0 Å². The summed E-state index contributed by atoms with van der Waals surface area (Å²) >= 11 is 0. The largest absolute Gasteiger partial charge is 0.478 e. The standard InChI is InChI=1S/C43H67N3O4S/c1-30(2)32-15-19-43(17-9-8-10-23-45-25-27-51(49,50)28-26-45)21-20-41(6)33(37(32)43)12-13-35-40(5)22-24-46(36-14-11-31(29-44-36)38(47)48)39(3,4)34(40)16-18-42(35,41)7/h11,14,29,32-35,37H,1,8-10,12-13,15-28H2,2-7H3,(H,47,48)/t32-,33+,34-,35+,37+,40-,41+,42+,43+/m0/s1. The van der Waals surface area contributed by atoms with Crippen molar-refractivity contribution < 1.29 is 18.3 Å². The Kier molecular flexibility index (Phi) is 9.62. The van der Waals surface area contributed by atoms with Gasteiger partial charge in [0, 0.05) is 31.4 Å². The molecule has 1 N–H and O–H groups in total. The number of carbonyl (C=O) groups is 1. The number of pyridine rings is 1. The van der Waals surface area contributed by atoms with E-state index < -0.39 is 15.8 Å². The zero-order valence-electron chi connectivity index (χ0n) is 32.7. The summed E-state index contributed by atoms with van der Waals surface area (Å²) in [5, 5.41) is 9.46. The number of aromatic nitrogens is 1. The van der Waals surface area contributed by atoms with Crippen LogP contribution in [0.2, 0.25) is 0 Å². The average Bonchev–Trinajstić information content (AvgIpc) is 3.45. The normalized spacial score (nSPS) is 41.5. The first kappa shape index (κ1) is 37.4. The number of fused-ring (bicyclic) bond motifs is 7. The van der Waals surface area contributed by atoms with Crippen LogP contribution in [0.4, 0.5) is 5.82 Å². The lowest BCUT2D eigenvalue weighted by molar-refractivity contribution is -0.228. The number of unbranched alkanes of at least 4 members (excludes halogenated alkanes) is 2. The first-order chi connectivity index (χ1) is 24.0. The third-order valence-corrected chi connectivity index (χ3v) is 18.9. The maximum atomic E-state index is 11.9. The number of hydrogen-bond donors (Lipinski definition) is 1. The van der Waals surface area contributed by atoms with Gasteiger partial charge < -0.3 is 14.9 Å². The van der Waals surface area contributed by atoms with Gasteiger partial charge in [0.05, 0.1) is 17.1 Å². The van der Waals surface area contributed by atoms with Gasteiger partial charge in [0.1, 0.15) is 5.82 Å². The van der Waals surface area contributed by atoms with Crippen LogP contribution in [0.5, 0.6) is 0 Å². The van der Waals surface area contributed by atoms with Crippen molar-refractivity contribution in [3.63, 3.8) is 0 Å². The smallest absolute Gasteiger partial charge is 0.337 e. The molecule has 0 spiro atoms. The molecule has 0 unspecified atom stereocenters. The molecule has 0 radical (unpaired) electrons. The summed E-state index contributed by atoms with van der Waals surface area (Å²) < 4.78 is 23.8. The molecule has 3 heterocycles. The third-order valence-electron chi connectivity index (χ3n) is 17.3. The second kappa shape index (κ2) is 13.1. The topological polar surface area (TPSA) is 90.8 Å². The van der Waals surface area contributed by atoms with E-state index in [1.807, 2.05) is 6.07 Å². The predicted molar refractivity (Wildman–Crippen MR) is 207 cm³/mol. The van der Waals surface area contributed by atoms with Crippen LogP contribution in [0.1, 0.15) is 135 Å². The minimum Gasteiger partial charge on any atom is -0.478 e. The fraction of sp³-hybridized carbons (Fsp3) is 0.814. The van der Waals surface area contributed by atoms with Gasteiger partial charge in [0.2, 0.25) is 0 Å². The molecule has 0 aromatic carbocycles. The molecular formula is C43H67N3O4S. The number of rotatable bonds is 9. The Balaban J connectivity index is 1.08. The number of anilines is 1. The molecule has 51 heavy (non-hydrogen) atoms. The highest BCUT2D eigenvalue weighted by molar-refractivity contribution is 7.91. The van der Waals surface area contributed by atoms with Crippen LogP contribution in [0.25, 0.3) is 0 Å². The Bertz CT molecular complexity index is 1590. The van der Waals surface area contributed by atoms with E-state index in [0.717, 1.165) is 30.7 Å². The minimum atomic E-state index is -2.81. The van der Waals surface area contributed by atoms with Gasteiger partial charge in [-0.05, 0) is 161 Å². The SMILES string of the molecule is C=C(C)[C@@H]1CC[C@]2(CCCCCN3CCS(=O)(=O)CC3)CC[C@]3(C)[C@H](CC[C@@H]4[C@@]5(C)CCN(c6ccc(C(=O)O)cn6)C(C)(C)[C@@H]5CC[C@]43C)[C@@H]12. The number of carboxylic acids is 1. The third kappa shape index (κ3) is 6.03. The first-order valence-corrected chi connectivity index (χ1v) is 22.3. The number of carboxylic acid groups (broad SMARTS) is 1. The highest BCUT2D eigenvalue weighted by Crippen LogP contribution is 2.77. The molecule has 8 heteroatoms. The van der Waals surface area contributed by atoms with Crippen molar-refractivity contribution >= 4 is 21.6 Å². The van der Waals surface area contributed by atoms with E-state index in [0.29, 0.717) is 58.6 Å². The molecule has 7 rings (SSSR count). The van der Waals surface area contributed by atoms with Crippen LogP contribution in [0.3, 0.4) is 0 Å². The molecule has 0 amide bonds. The molecule has 2 saturated heterocycles. The quantitative estimate of drug-likeness (QED) is 0.201. The number of allylic oxidation sites excluding steroid dienone is 1. The Morgan fingerprint density at radius 3 is 2.29 bits per heavy atom. The monoisotopic (exact) mass is 721 g/mol. The van der Waals surface area contributed by atoms with Gasteiger partial charge in [-0.2, -0.15) is 0 Å². The van der Waals surface area contributed by atoms with E-state index in [-0.39, 0.29) is 16.5 Å². The average molecular weight is 722 g/mol. The van der Waals surface area contributed by atoms with E-state index >= 15 is 0 Å². The van der Waals surface area contributed by atoms with Crippen molar-refractivity contribution in [2.45, 2.75) is 131 Å². The number of aromatic carboxylic acids is 1. The molecule has 4 aliphatic carbocycles. The highest BCUT2D eigenvalue weighted by atomic mass is 32.2. The van der Waals surface area contributed by atoms with Crippen molar-refractivity contribution in [1.29, 1.82) is 0 Å². The lowest BCUT2D eigenvalue weighted by atomic mass is 9.33. The molecule has 1 aromatic rings. The number of sulfone groups is 1. The van der Waals surface area contributed by atoms with Gasteiger partial charge in [-0.3, -0.25) is 0 Å². The molecule has 7 nitrogen and oxygen atoms in total. The van der Waals surface area contributed by atoms with Crippen LogP contribution in [0, 0.1) is 51.2 Å². The van der Waals surface area contributed by atoms with Gasteiger partial charge in [0.15, 0.2) is 9.84 Å². The van der Waals surface area contributed by atoms with Gasteiger partial charge in [-0.25, -0.2) is 18.2 Å². The Labute approximate surface area is 309 Å². The van der Waals surface area contributed by atoms with Crippen molar-refractivity contribution in [2.24, 2.45) is 51.2 Å². The summed E-state index contributed by atoms with van der Waals surface area (Å²) in [6.07, 6.45) is 18.4. The molecule has 9 atom stereocenters. The van der Waals surface area contributed by atoms with Crippen LogP contribution < -0.4 is 4.90 Å². The molecule has 284 valence electrons. The fourth-order valence-electron chi connectivity index (χ4n) is 14.5. The molecule has 4 saturated carbocycles. The summed E-state index contributed by atoms with van der Waals surface area (Å²) in [6.45, 7) is 23.4. The highest BCUT2D eigenvalue weighted by Gasteiger charge is 2.70.